The molecule has 3 unspecified atom stereocenters. The van der Waals surface area contributed by atoms with Crippen LogP contribution in [0.15, 0.2) is 18.2 Å². The van der Waals surface area contributed by atoms with E-state index in [2.05, 4.69) is 20.7 Å². The molecular formula is C18H22F3N3O4. The number of carbonyl (C=O) groups excluding carboxylic acids is 2. The van der Waals surface area contributed by atoms with Gasteiger partial charge in [-0.15, -0.1) is 13.2 Å². The summed E-state index contributed by atoms with van der Waals surface area (Å²) in [5.74, 6) is -0.456. The molecule has 2 amide bonds. The number of hydrogen-bond acceptors (Lipinski definition) is 5. The highest BCUT2D eigenvalue weighted by molar-refractivity contribution is 5.89. The van der Waals surface area contributed by atoms with Crippen molar-refractivity contribution in [1.82, 2.24) is 16.0 Å². The number of rotatable bonds is 6. The lowest BCUT2D eigenvalue weighted by Gasteiger charge is -2.31. The van der Waals surface area contributed by atoms with E-state index in [1.807, 2.05) is 0 Å². The van der Waals surface area contributed by atoms with E-state index in [4.69, 9.17) is 4.74 Å². The van der Waals surface area contributed by atoms with Gasteiger partial charge in [0.1, 0.15) is 11.5 Å². The van der Waals surface area contributed by atoms with Crippen molar-refractivity contribution < 1.29 is 32.2 Å². The Morgan fingerprint density at radius 1 is 1.32 bits per heavy atom. The van der Waals surface area contributed by atoms with Gasteiger partial charge in [-0.25, -0.2) is 0 Å². The Balaban J connectivity index is 1.67. The molecule has 0 spiro atoms. The Kier molecular flexibility index (Phi) is 5.69. The summed E-state index contributed by atoms with van der Waals surface area (Å²) in [5.41, 5.74) is 0.490. The molecule has 3 N–H and O–H groups in total. The fourth-order valence-electron chi connectivity index (χ4n) is 3.23. The number of hydrogen-bond donors (Lipinski definition) is 3. The summed E-state index contributed by atoms with van der Waals surface area (Å²) in [6, 6.07) is 2.46. The zero-order valence-electron chi connectivity index (χ0n) is 15.4. The first kappa shape index (κ1) is 20.2. The van der Waals surface area contributed by atoms with Gasteiger partial charge in [0.05, 0.1) is 31.8 Å². The summed E-state index contributed by atoms with van der Waals surface area (Å²) < 4.78 is 46.2. The van der Waals surface area contributed by atoms with Gasteiger partial charge in [0.2, 0.25) is 11.8 Å². The predicted octanol–water partition coefficient (Wildman–Crippen LogP) is 1.99. The number of amides is 2. The third kappa shape index (κ3) is 5.06. The maximum atomic E-state index is 12.6. The minimum Gasteiger partial charge on any atom is -0.496 e. The van der Waals surface area contributed by atoms with Gasteiger partial charge in [0, 0.05) is 11.6 Å². The molecule has 1 aromatic carbocycles. The molecule has 10 heteroatoms. The normalized spacial score (nSPS) is 23.5. The predicted molar refractivity (Wildman–Crippen MR) is 92.4 cm³/mol. The van der Waals surface area contributed by atoms with Crippen molar-refractivity contribution in [1.29, 1.82) is 0 Å². The molecule has 1 aliphatic heterocycles. The van der Waals surface area contributed by atoms with E-state index in [1.165, 1.54) is 13.2 Å². The highest BCUT2D eigenvalue weighted by Gasteiger charge is 2.39. The van der Waals surface area contributed by atoms with E-state index in [0.717, 1.165) is 25.0 Å². The third-order valence-electron chi connectivity index (χ3n) is 4.76. The lowest BCUT2D eigenvalue weighted by Crippen LogP contribution is -2.61. The summed E-state index contributed by atoms with van der Waals surface area (Å²) in [7, 11) is 1.32. The Hall–Kier alpha value is -2.49. The zero-order chi connectivity index (χ0) is 20.5. The standard InChI is InChI=1S/C18H22F3N3O4/c1-9(12-6-5-11(7-14(12)27-2)28-18(19,20)21)22-17(26)13-8-15(25)24-16(23-13)10-3-4-10/h5-7,9-10,13,16,23H,3-4,8H2,1-2H3,(H,22,26)(H,24,25). The number of alkyl halides is 3. The lowest BCUT2D eigenvalue weighted by atomic mass is 10.0. The van der Waals surface area contributed by atoms with E-state index in [-0.39, 0.29) is 30.2 Å². The van der Waals surface area contributed by atoms with Gasteiger partial charge in [0.25, 0.3) is 0 Å². The minimum atomic E-state index is -4.81. The third-order valence-corrected chi connectivity index (χ3v) is 4.76. The van der Waals surface area contributed by atoms with Gasteiger partial charge < -0.3 is 20.1 Å². The van der Waals surface area contributed by atoms with Crippen molar-refractivity contribution in [3.8, 4) is 11.5 Å². The summed E-state index contributed by atoms with van der Waals surface area (Å²) in [6.07, 6.45) is -2.98. The van der Waals surface area contributed by atoms with Gasteiger partial charge in [0.15, 0.2) is 0 Å². The molecule has 154 valence electrons. The van der Waals surface area contributed by atoms with Gasteiger partial charge in [-0.1, -0.05) is 0 Å². The first-order valence-electron chi connectivity index (χ1n) is 8.95. The molecule has 1 saturated heterocycles. The average Bonchev–Trinajstić information content (AvgIpc) is 3.44. The molecule has 2 aliphatic rings. The number of carbonyl (C=O) groups is 2. The van der Waals surface area contributed by atoms with Crippen molar-refractivity contribution in [2.24, 2.45) is 5.92 Å². The summed E-state index contributed by atoms with van der Waals surface area (Å²) >= 11 is 0. The molecule has 28 heavy (non-hydrogen) atoms. The maximum Gasteiger partial charge on any atom is 0.573 e. The molecule has 1 aliphatic carbocycles. The molecule has 3 atom stereocenters. The van der Waals surface area contributed by atoms with Crippen LogP contribution in [0.25, 0.3) is 0 Å². The highest BCUT2D eigenvalue weighted by atomic mass is 19.4. The fraction of sp³-hybridized carbons (Fsp3) is 0.556. The largest absolute Gasteiger partial charge is 0.573 e. The molecule has 1 heterocycles. The van der Waals surface area contributed by atoms with Crippen molar-refractivity contribution in [2.45, 2.75) is 50.8 Å². The molecule has 1 aromatic rings. The van der Waals surface area contributed by atoms with Crippen LogP contribution in [0.2, 0.25) is 0 Å². The van der Waals surface area contributed by atoms with E-state index >= 15 is 0 Å². The SMILES string of the molecule is COc1cc(OC(F)(F)F)ccc1C(C)NC(=O)C1CC(=O)NC(C2CC2)N1. The second-order valence-corrected chi connectivity index (χ2v) is 6.99. The quantitative estimate of drug-likeness (QED) is 0.679. The maximum absolute atomic E-state index is 12.6. The van der Waals surface area contributed by atoms with Crippen molar-refractivity contribution >= 4 is 11.8 Å². The van der Waals surface area contributed by atoms with Gasteiger partial charge in [-0.05, 0) is 37.8 Å². The topological polar surface area (TPSA) is 88.7 Å². The van der Waals surface area contributed by atoms with Crippen molar-refractivity contribution in [2.75, 3.05) is 7.11 Å². The number of ether oxygens (including phenoxy) is 2. The fourth-order valence-corrected chi connectivity index (χ4v) is 3.23. The molecule has 0 radical (unpaired) electrons. The van der Waals surface area contributed by atoms with Crippen LogP contribution in [0.3, 0.4) is 0 Å². The molecule has 0 bridgehead atoms. The Morgan fingerprint density at radius 2 is 2.04 bits per heavy atom. The first-order valence-corrected chi connectivity index (χ1v) is 8.95. The van der Waals surface area contributed by atoms with Crippen LogP contribution in [0.1, 0.15) is 37.8 Å². The summed E-state index contributed by atoms with van der Waals surface area (Å²) in [4.78, 5) is 24.5. The number of halogens is 3. The minimum absolute atomic E-state index is 0.0251. The van der Waals surface area contributed by atoms with Crippen LogP contribution in [-0.4, -0.2) is 37.5 Å². The van der Waals surface area contributed by atoms with E-state index < -0.39 is 24.2 Å². The lowest BCUT2D eigenvalue weighted by molar-refractivity contribution is -0.274. The smallest absolute Gasteiger partial charge is 0.496 e. The van der Waals surface area contributed by atoms with Crippen LogP contribution < -0.4 is 25.4 Å². The first-order chi connectivity index (χ1) is 13.2. The molecule has 1 saturated carbocycles. The molecule has 7 nitrogen and oxygen atoms in total. The van der Waals surface area contributed by atoms with Crippen LogP contribution >= 0.6 is 0 Å². The Morgan fingerprint density at radius 3 is 2.64 bits per heavy atom. The number of methoxy groups -OCH3 is 1. The van der Waals surface area contributed by atoms with E-state index in [0.29, 0.717) is 11.5 Å². The molecule has 0 aromatic heterocycles. The summed E-state index contributed by atoms with van der Waals surface area (Å²) in [6.45, 7) is 1.68. The van der Waals surface area contributed by atoms with Gasteiger partial charge in [-0.3, -0.25) is 14.9 Å². The second-order valence-electron chi connectivity index (χ2n) is 6.99. The van der Waals surface area contributed by atoms with E-state index in [9.17, 15) is 22.8 Å². The molecular weight excluding hydrogens is 379 g/mol. The number of nitrogens with one attached hydrogen (secondary N) is 3. The zero-order valence-corrected chi connectivity index (χ0v) is 15.4. The van der Waals surface area contributed by atoms with Crippen molar-refractivity contribution in [3.05, 3.63) is 23.8 Å². The monoisotopic (exact) mass is 401 g/mol. The molecule has 3 rings (SSSR count). The second kappa shape index (κ2) is 7.86. The van der Waals surface area contributed by atoms with Crippen LogP contribution in [0.4, 0.5) is 13.2 Å². The number of benzene rings is 1. The van der Waals surface area contributed by atoms with Crippen LogP contribution in [-0.2, 0) is 9.59 Å². The highest BCUT2D eigenvalue weighted by Crippen LogP contribution is 2.34. The van der Waals surface area contributed by atoms with Gasteiger partial charge >= 0.3 is 6.36 Å². The van der Waals surface area contributed by atoms with Crippen molar-refractivity contribution in [3.63, 3.8) is 0 Å². The molecule has 2 fully saturated rings. The van der Waals surface area contributed by atoms with Crippen LogP contribution in [0, 0.1) is 5.92 Å². The Bertz CT molecular complexity index is 752. The van der Waals surface area contributed by atoms with E-state index in [1.54, 1.807) is 6.92 Å². The summed E-state index contributed by atoms with van der Waals surface area (Å²) in [5, 5.41) is 8.77. The van der Waals surface area contributed by atoms with Gasteiger partial charge in [-0.2, -0.15) is 0 Å². The Labute approximate surface area is 159 Å². The van der Waals surface area contributed by atoms with Crippen LogP contribution in [0.5, 0.6) is 11.5 Å². The average molecular weight is 401 g/mol.